The quantitative estimate of drug-likeness (QED) is 0.502. The summed E-state index contributed by atoms with van der Waals surface area (Å²) in [6.07, 6.45) is 0. The molecule has 0 aliphatic rings. The number of halogens is 3. The maximum Gasteiger partial charge on any atom is 0.341 e. The van der Waals surface area contributed by atoms with Crippen LogP contribution in [0.15, 0.2) is 35.2 Å². The lowest BCUT2D eigenvalue weighted by Crippen LogP contribution is -2.11. The zero-order valence-electron chi connectivity index (χ0n) is 13.3. The number of nitro benzene ring substituents is 2. The van der Waals surface area contributed by atoms with Crippen molar-refractivity contribution in [2.45, 2.75) is 17.6 Å². The molecule has 0 spiro atoms. The van der Waals surface area contributed by atoms with Gasteiger partial charge in [0.05, 0.1) is 20.8 Å². The van der Waals surface area contributed by atoms with Gasteiger partial charge in [0.15, 0.2) is 0 Å². The lowest BCUT2D eigenvalue weighted by atomic mass is 10.2. The van der Waals surface area contributed by atoms with Crippen LogP contribution >= 0.6 is 11.6 Å². The Bertz CT molecular complexity index is 1040. The summed E-state index contributed by atoms with van der Waals surface area (Å²) < 4.78 is 53.5. The predicted octanol–water partition coefficient (Wildman–Crippen LogP) is 4.25. The minimum absolute atomic E-state index is 0.154. The van der Waals surface area contributed by atoms with Crippen LogP contribution in [0.1, 0.15) is 5.56 Å². The largest absolute Gasteiger partial charge is 0.450 e. The second kappa shape index (κ2) is 7.40. The van der Waals surface area contributed by atoms with Crippen molar-refractivity contribution in [2.75, 3.05) is 0 Å². The predicted molar refractivity (Wildman–Crippen MR) is 89.2 cm³/mol. The van der Waals surface area contributed by atoms with E-state index in [0.717, 1.165) is 12.1 Å². The highest BCUT2D eigenvalue weighted by Gasteiger charge is 2.30. The topological polar surface area (TPSA) is 130 Å². The maximum absolute atomic E-state index is 12.6. The van der Waals surface area contributed by atoms with Gasteiger partial charge in [-0.2, -0.15) is 8.78 Å². The van der Waals surface area contributed by atoms with Crippen molar-refractivity contribution in [1.82, 2.24) is 0 Å². The Labute approximate surface area is 155 Å². The fourth-order valence-corrected chi connectivity index (χ4v) is 3.04. The van der Waals surface area contributed by atoms with Crippen LogP contribution in [-0.4, -0.2) is 24.0 Å². The Morgan fingerprint density at radius 3 is 2.15 bits per heavy atom. The summed E-state index contributed by atoms with van der Waals surface area (Å²) in [5.41, 5.74) is -1.13. The van der Waals surface area contributed by atoms with Gasteiger partial charge in [-0.1, -0.05) is 11.6 Å². The molecule has 0 fully saturated rings. The molecule has 2 aromatic rings. The first-order valence-corrected chi connectivity index (χ1v) is 8.80. The summed E-state index contributed by atoms with van der Waals surface area (Å²) >= 11 is 5.74. The molecular formula is C14H9ClF2N2O7S. The Morgan fingerprint density at radius 1 is 1.04 bits per heavy atom. The Morgan fingerprint density at radius 2 is 1.63 bits per heavy atom. The molecule has 0 unspecified atom stereocenters. The first kappa shape index (κ1) is 20.5. The number of hydrogen-bond donors (Lipinski definition) is 0. The van der Waals surface area contributed by atoms with Crippen LogP contribution in [0.25, 0.3) is 0 Å². The van der Waals surface area contributed by atoms with Gasteiger partial charge in [-0.15, -0.1) is 0 Å². The molecule has 9 nitrogen and oxygen atoms in total. The normalized spacial score (nSPS) is 11.4. The number of nitro groups is 2. The molecular weight excluding hydrogens is 414 g/mol. The van der Waals surface area contributed by atoms with E-state index in [4.69, 9.17) is 16.3 Å². The third-order valence-corrected chi connectivity index (χ3v) is 5.03. The van der Waals surface area contributed by atoms with Crippen LogP contribution in [0.2, 0.25) is 5.02 Å². The number of rotatable bonds is 6. The molecule has 0 atom stereocenters. The van der Waals surface area contributed by atoms with E-state index >= 15 is 0 Å². The molecule has 13 heteroatoms. The van der Waals surface area contributed by atoms with Gasteiger partial charge in [0.1, 0.15) is 10.8 Å². The summed E-state index contributed by atoms with van der Waals surface area (Å²) in [5.74, 6) is -4.41. The molecule has 0 N–H and O–H groups in total. The van der Waals surface area contributed by atoms with E-state index in [0.29, 0.717) is 17.7 Å². The number of nitrogens with zero attached hydrogens (tertiary/aromatic N) is 2. The molecule has 0 radical (unpaired) electrons. The van der Waals surface area contributed by atoms with Crippen molar-refractivity contribution in [3.63, 3.8) is 0 Å². The standard InChI is InChI=1S/C14H9ClF2N2O7S/c1-7-4-9(15)10(18(20)21)6-13(7)26-12-3-2-8(5-11(12)19(22)23)27(24,25)14(16)17/h2-6,14H,1H3. The second-order valence-electron chi connectivity index (χ2n) is 5.12. The van der Waals surface area contributed by atoms with E-state index in [-0.39, 0.29) is 10.8 Å². The zero-order valence-corrected chi connectivity index (χ0v) is 14.8. The van der Waals surface area contributed by atoms with Gasteiger partial charge in [-0.25, -0.2) is 8.42 Å². The molecule has 2 rings (SSSR count). The first-order valence-electron chi connectivity index (χ1n) is 6.88. The van der Waals surface area contributed by atoms with Crippen molar-refractivity contribution in [2.24, 2.45) is 0 Å². The van der Waals surface area contributed by atoms with Gasteiger partial charge in [-0.05, 0) is 30.7 Å². The zero-order chi connectivity index (χ0) is 20.5. The van der Waals surface area contributed by atoms with Gasteiger partial charge >= 0.3 is 11.4 Å². The van der Waals surface area contributed by atoms with Crippen LogP contribution < -0.4 is 4.74 Å². The molecule has 0 aliphatic carbocycles. The van der Waals surface area contributed by atoms with Gasteiger partial charge in [0, 0.05) is 6.07 Å². The fourth-order valence-electron chi connectivity index (χ4n) is 2.02. The van der Waals surface area contributed by atoms with E-state index in [1.807, 2.05) is 0 Å². The number of sulfone groups is 1. The Balaban J connectivity index is 2.56. The second-order valence-corrected chi connectivity index (χ2v) is 7.45. The highest BCUT2D eigenvalue weighted by atomic mass is 35.5. The lowest BCUT2D eigenvalue weighted by Gasteiger charge is -2.11. The molecule has 0 amide bonds. The van der Waals surface area contributed by atoms with Crippen molar-refractivity contribution >= 4 is 32.8 Å². The average molecular weight is 423 g/mol. The third kappa shape index (κ3) is 4.11. The van der Waals surface area contributed by atoms with Crippen molar-refractivity contribution < 1.29 is 31.8 Å². The molecule has 0 bridgehead atoms. The number of hydrogen-bond acceptors (Lipinski definition) is 7. The third-order valence-electron chi connectivity index (χ3n) is 3.35. The van der Waals surface area contributed by atoms with E-state index in [9.17, 15) is 37.4 Å². The minimum atomic E-state index is -5.05. The summed E-state index contributed by atoms with van der Waals surface area (Å²) in [7, 11) is -5.05. The summed E-state index contributed by atoms with van der Waals surface area (Å²) in [5, 5.41) is 22.0. The number of benzene rings is 2. The number of aryl methyl sites for hydroxylation is 1. The van der Waals surface area contributed by atoms with Crippen molar-refractivity contribution in [3.8, 4) is 11.5 Å². The molecule has 27 heavy (non-hydrogen) atoms. The molecule has 0 aromatic heterocycles. The summed E-state index contributed by atoms with van der Waals surface area (Å²) in [6.45, 7) is 1.46. The lowest BCUT2D eigenvalue weighted by molar-refractivity contribution is -0.386. The van der Waals surface area contributed by atoms with Gasteiger partial charge in [0.2, 0.25) is 15.6 Å². The fraction of sp³-hybridized carbons (Fsp3) is 0.143. The molecule has 0 aliphatic heterocycles. The Hall–Kier alpha value is -2.86. The van der Waals surface area contributed by atoms with Gasteiger partial charge in [-0.3, -0.25) is 20.2 Å². The summed E-state index contributed by atoms with van der Waals surface area (Å²) in [4.78, 5) is 19.4. The molecule has 2 aromatic carbocycles. The molecule has 144 valence electrons. The smallest absolute Gasteiger partial charge is 0.341 e. The first-order chi connectivity index (χ1) is 12.4. The molecule has 0 saturated heterocycles. The van der Waals surface area contributed by atoms with Crippen molar-refractivity contribution in [1.29, 1.82) is 0 Å². The number of alkyl halides is 2. The van der Waals surface area contributed by atoms with Gasteiger partial charge < -0.3 is 4.74 Å². The maximum atomic E-state index is 12.6. The van der Waals surface area contributed by atoms with Crippen LogP contribution in [0.4, 0.5) is 20.2 Å². The van der Waals surface area contributed by atoms with Gasteiger partial charge in [0.25, 0.3) is 5.69 Å². The van der Waals surface area contributed by atoms with Crippen LogP contribution in [-0.2, 0) is 9.84 Å². The average Bonchev–Trinajstić information content (AvgIpc) is 2.56. The van der Waals surface area contributed by atoms with Crippen LogP contribution in [0.3, 0.4) is 0 Å². The minimum Gasteiger partial charge on any atom is -0.450 e. The Kier molecular flexibility index (Phi) is 5.61. The van der Waals surface area contributed by atoms with E-state index < -0.39 is 47.5 Å². The SMILES string of the molecule is Cc1cc(Cl)c([N+](=O)[O-])cc1Oc1ccc(S(=O)(=O)C(F)F)cc1[N+](=O)[O-]. The summed E-state index contributed by atoms with van der Waals surface area (Å²) in [6, 6.07) is 4.09. The molecule has 0 saturated carbocycles. The van der Waals surface area contributed by atoms with Crippen LogP contribution in [0.5, 0.6) is 11.5 Å². The van der Waals surface area contributed by atoms with Crippen LogP contribution in [0, 0.1) is 27.2 Å². The number of ether oxygens (including phenoxy) is 1. The monoisotopic (exact) mass is 422 g/mol. The van der Waals surface area contributed by atoms with E-state index in [1.165, 1.54) is 13.0 Å². The van der Waals surface area contributed by atoms with Crippen molar-refractivity contribution in [3.05, 3.63) is 61.1 Å². The molecule has 0 heterocycles. The van der Waals surface area contributed by atoms with E-state index in [1.54, 1.807) is 0 Å². The highest BCUT2D eigenvalue weighted by molar-refractivity contribution is 7.91. The highest BCUT2D eigenvalue weighted by Crippen LogP contribution is 2.38. The van der Waals surface area contributed by atoms with E-state index in [2.05, 4.69) is 0 Å².